The molecular weight excluding hydrogens is 204 g/mol. The maximum absolute atomic E-state index is 11.7. The van der Waals surface area contributed by atoms with Gasteiger partial charge in [-0.3, -0.25) is 0 Å². The molecule has 0 aromatic carbocycles. The molecule has 0 radical (unpaired) electrons. The molecule has 1 N–H and O–H groups in total. The van der Waals surface area contributed by atoms with Crippen LogP contribution in [0.4, 0.5) is 4.79 Å². The highest BCUT2D eigenvalue weighted by Gasteiger charge is 2.22. The molecule has 1 unspecified atom stereocenters. The van der Waals surface area contributed by atoms with Crippen LogP contribution in [0.15, 0.2) is 0 Å². The number of nitrogens with zero attached hydrogens (tertiary/aromatic N) is 1. The number of carbonyl (C=O) groups is 1. The molecule has 1 amide bonds. The minimum atomic E-state index is -0.176. The van der Waals surface area contributed by atoms with E-state index in [9.17, 15) is 4.79 Å². The van der Waals surface area contributed by atoms with E-state index < -0.39 is 0 Å². The molecular formula is C12H24N2O2. The number of hydrogen-bond donors (Lipinski definition) is 1. The van der Waals surface area contributed by atoms with Gasteiger partial charge in [0, 0.05) is 19.1 Å². The largest absolute Gasteiger partial charge is 0.450 e. The summed E-state index contributed by atoms with van der Waals surface area (Å²) >= 11 is 0. The topological polar surface area (TPSA) is 41.6 Å². The van der Waals surface area contributed by atoms with Gasteiger partial charge in [-0.25, -0.2) is 4.79 Å². The standard InChI is InChI=1S/C12H24N2O2/c1-4-16-12(15)14(8-10(2)3)9-11-6-5-7-13-11/h10-11,13H,4-9H2,1-3H3. The van der Waals surface area contributed by atoms with Crippen LogP contribution >= 0.6 is 0 Å². The van der Waals surface area contributed by atoms with Crippen LogP contribution < -0.4 is 5.32 Å². The van der Waals surface area contributed by atoms with Crippen molar-refractivity contribution in [1.29, 1.82) is 0 Å². The number of carbonyl (C=O) groups excluding carboxylic acids is 1. The number of amides is 1. The molecule has 94 valence electrons. The summed E-state index contributed by atoms with van der Waals surface area (Å²) < 4.78 is 5.07. The third-order valence-electron chi connectivity index (χ3n) is 2.71. The Kier molecular flexibility index (Phi) is 5.60. The first-order valence-corrected chi connectivity index (χ1v) is 6.28. The minimum Gasteiger partial charge on any atom is -0.450 e. The molecule has 0 saturated carbocycles. The highest BCUT2D eigenvalue weighted by atomic mass is 16.6. The van der Waals surface area contributed by atoms with Crippen LogP contribution in [-0.4, -0.2) is 43.3 Å². The molecule has 1 atom stereocenters. The minimum absolute atomic E-state index is 0.176. The van der Waals surface area contributed by atoms with E-state index in [1.807, 2.05) is 11.8 Å². The van der Waals surface area contributed by atoms with Gasteiger partial charge in [-0.05, 0) is 32.2 Å². The highest BCUT2D eigenvalue weighted by Crippen LogP contribution is 2.09. The molecule has 1 rings (SSSR count). The molecule has 0 aliphatic carbocycles. The van der Waals surface area contributed by atoms with Gasteiger partial charge in [-0.1, -0.05) is 13.8 Å². The fourth-order valence-electron chi connectivity index (χ4n) is 2.06. The predicted octanol–water partition coefficient (Wildman–Crippen LogP) is 1.85. The molecule has 1 aliphatic heterocycles. The second-order valence-corrected chi connectivity index (χ2v) is 4.79. The summed E-state index contributed by atoms with van der Waals surface area (Å²) in [6, 6.07) is 0.447. The summed E-state index contributed by atoms with van der Waals surface area (Å²) in [5.74, 6) is 0.478. The van der Waals surface area contributed by atoms with Gasteiger partial charge < -0.3 is 15.0 Å². The second-order valence-electron chi connectivity index (χ2n) is 4.79. The van der Waals surface area contributed by atoms with Gasteiger partial charge >= 0.3 is 6.09 Å². The second kappa shape index (κ2) is 6.74. The van der Waals surface area contributed by atoms with E-state index >= 15 is 0 Å². The third kappa shape index (κ3) is 4.39. The zero-order chi connectivity index (χ0) is 12.0. The van der Waals surface area contributed by atoms with E-state index in [1.165, 1.54) is 6.42 Å². The van der Waals surface area contributed by atoms with E-state index in [-0.39, 0.29) is 6.09 Å². The Balaban J connectivity index is 2.44. The van der Waals surface area contributed by atoms with Gasteiger partial charge in [-0.2, -0.15) is 0 Å². The van der Waals surface area contributed by atoms with Gasteiger partial charge in [0.25, 0.3) is 0 Å². The zero-order valence-corrected chi connectivity index (χ0v) is 10.7. The highest BCUT2D eigenvalue weighted by molar-refractivity contribution is 5.67. The lowest BCUT2D eigenvalue weighted by molar-refractivity contribution is 0.0990. The summed E-state index contributed by atoms with van der Waals surface area (Å²) in [7, 11) is 0. The normalized spacial score (nSPS) is 20.1. The monoisotopic (exact) mass is 228 g/mol. The van der Waals surface area contributed by atoms with E-state index in [1.54, 1.807) is 0 Å². The summed E-state index contributed by atoms with van der Waals surface area (Å²) in [5.41, 5.74) is 0. The van der Waals surface area contributed by atoms with Crippen molar-refractivity contribution in [2.45, 2.75) is 39.7 Å². The Morgan fingerprint density at radius 3 is 2.81 bits per heavy atom. The van der Waals surface area contributed by atoms with Gasteiger partial charge in [-0.15, -0.1) is 0 Å². The molecule has 1 aliphatic rings. The Morgan fingerprint density at radius 2 is 2.31 bits per heavy atom. The van der Waals surface area contributed by atoms with Crippen LogP contribution in [0.2, 0.25) is 0 Å². The maximum Gasteiger partial charge on any atom is 0.409 e. The molecule has 1 heterocycles. The van der Waals surface area contributed by atoms with Crippen molar-refractivity contribution < 1.29 is 9.53 Å². The van der Waals surface area contributed by atoms with Gasteiger partial charge in [0.1, 0.15) is 0 Å². The fourth-order valence-corrected chi connectivity index (χ4v) is 2.06. The summed E-state index contributed by atoms with van der Waals surface area (Å²) in [6.07, 6.45) is 2.20. The number of ether oxygens (including phenoxy) is 1. The first-order chi connectivity index (χ1) is 7.63. The molecule has 4 heteroatoms. The first kappa shape index (κ1) is 13.3. The van der Waals surface area contributed by atoms with Crippen molar-refractivity contribution in [2.24, 2.45) is 5.92 Å². The third-order valence-corrected chi connectivity index (χ3v) is 2.71. The zero-order valence-electron chi connectivity index (χ0n) is 10.7. The number of nitrogens with one attached hydrogen (secondary N) is 1. The lowest BCUT2D eigenvalue weighted by Gasteiger charge is -2.26. The van der Waals surface area contributed by atoms with E-state index in [4.69, 9.17) is 4.74 Å². The number of hydrogen-bond acceptors (Lipinski definition) is 3. The summed E-state index contributed by atoms with van der Waals surface area (Å²) in [5, 5.41) is 3.41. The average Bonchev–Trinajstić information content (AvgIpc) is 2.69. The molecule has 1 fully saturated rings. The van der Waals surface area contributed by atoms with Gasteiger partial charge in [0.2, 0.25) is 0 Å². The van der Waals surface area contributed by atoms with E-state index in [0.717, 1.165) is 26.1 Å². The van der Waals surface area contributed by atoms with Gasteiger partial charge in [0.05, 0.1) is 6.61 Å². The van der Waals surface area contributed by atoms with Crippen LogP contribution in [0, 0.1) is 5.92 Å². The SMILES string of the molecule is CCOC(=O)N(CC(C)C)CC1CCCN1. The molecule has 4 nitrogen and oxygen atoms in total. The van der Waals surface area contributed by atoms with Crippen LogP contribution in [0.25, 0.3) is 0 Å². The van der Waals surface area contributed by atoms with Crippen LogP contribution in [0.3, 0.4) is 0 Å². The summed E-state index contributed by atoms with van der Waals surface area (Å²) in [4.78, 5) is 13.6. The van der Waals surface area contributed by atoms with Crippen molar-refractivity contribution in [3.05, 3.63) is 0 Å². The van der Waals surface area contributed by atoms with Crippen molar-refractivity contribution in [3.63, 3.8) is 0 Å². The van der Waals surface area contributed by atoms with Crippen LogP contribution in [-0.2, 0) is 4.74 Å². The van der Waals surface area contributed by atoms with Crippen molar-refractivity contribution in [1.82, 2.24) is 10.2 Å². The Labute approximate surface area is 98.3 Å². The lowest BCUT2D eigenvalue weighted by atomic mass is 10.1. The quantitative estimate of drug-likeness (QED) is 0.781. The summed E-state index contributed by atoms with van der Waals surface area (Å²) in [6.45, 7) is 9.16. The van der Waals surface area contributed by atoms with E-state index in [0.29, 0.717) is 18.6 Å². The molecule has 0 aromatic heterocycles. The molecule has 0 spiro atoms. The van der Waals surface area contributed by atoms with Crippen molar-refractivity contribution in [3.8, 4) is 0 Å². The fraction of sp³-hybridized carbons (Fsp3) is 0.917. The molecule has 16 heavy (non-hydrogen) atoms. The first-order valence-electron chi connectivity index (χ1n) is 6.28. The lowest BCUT2D eigenvalue weighted by Crippen LogP contribution is -2.43. The maximum atomic E-state index is 11.7. The van der Waals surface area contributed by atoms with Crippen LogP contribution in [0.5, 0.6) is 0 Å². The van der Waals surface area contributed by atoms with Crippen LogP contribution in [0.1, 0.15) is 33.6 Å². The smallest absolute Gasteiger partial charge is 0.409 e. The number of rotatable bonds is 5. The Bertz CT molecular complexity index is 213. The molecule has 0 aromatic rings. The molecule has 1 saturated heterocycles. The average molecular weight is 228 g/mol. The van der Waals surface area contributed by atoms with E-state index in [2.05, 4.69) is 19.2 Å². The van der Waals surface area contributed by atoms with Crippen molar-refractivity contribution >= 4 is 6.09 Å². The Hall–Kier alpha value is -0.770. The predicted molar refractivity (Wildman–Crippen MR) is 64.5 cm³/mol. The van der Waals surface area contributed by atoms with Crippen molar-refractivity contribution in [2.75, 3.05) is 26.2 Å². The Morgan fingerprint density at radius 1 is 1.56 bits per heavy atom. The van der Waals surface area contributed by atoms with Gasteiger partial charge in [0.15, 0.2) is 0 Å². The molecule has 0 bridgehead atoms.